The number of rotatable bonds is 1. The van der Waals surface area contributed by atoms with Crippen LogP contribution in [0.4, 0.5) is 0 Å². The van der Waals surface area contributed by atoms with Gasteiger partial charge in [-0.3, -0.25) is 4.79 Å². The minimum atomic E-state index is -1.17. The molecule has 1 aliphatic rings. The van der Waals surface area contributed by atoms with Crippen LogP contribution in [-0.4, -0.2) is 50.1 Å². The molecule has 1 aromatic heterocycles. The van der Waals surface area contributed by atoms with E-state index in [9.17, 15) is 4.79 Å². The highest BCUT2D eigenvalue weighted by molar-refractivity contribution is 6.63. The summed E-state index contributed by atoms with van der Waals surface area (Å²) in [5.41, 5.74) is 7.62. The summed E-state index contributed by atoms with van der Waals surface area (Å²) in [6.45, 7) is 0. The Morgan fingerprint density at radius 2 is 1.86 bits per heavy atom. The van der Waals surface area contributed by atoms with Crippen molar-refractivity contribution in [3.8, 4) is 0 Å². The van der Waals surface area contributed by atoms with E-state index in [0.29, 0.717) is 35.0 Å². The predicted molar refractivity (Wildman–Crippen MR) is 93.8 cm³/mol. The molecule has 1 aliphatic carbocycles. The van der Waals surface area contributed by atoms with E-state index >= 15 is 0 Å². The Morgan fingerprint density at radius 3 is 2.45 bits per heavy atom. The molecule has 1 unspecified atom stereocenters. The van der Waals surface area contributed by atoms with Crippen LogP contribution in [0.15, 0.2) is 0 Å². The molecular formula is C13H8B5ClN2O. The topological polar surface area (TPSA) is 58.9 Å². The number of fused-ring (bicyclic) bond motifs is 3. The molecule has 0 saturated carbocycles. The van der Waals surface area contributed by atoms with Crippen molar-refractivity contribution in [3.05, 3.63) is 16.3 Å². The van der Waals surface area contributed by atoms with Crippen LogP contribution in [0.25, 0.3) is 10.9 Å². The molecular weight excluding hydrogens is 290 g/mol. The van der Waals surface area contributed by atoms with E-state index in [4.69, 9.17) is 56.6 Å². The molecule has 3 N–H and O–H groups in total. The minimum absolute atomic E-state index is 0.142. The molecule has 22 heavy (non-hydrogen) atoms. The largest absolute Gasteiger partial charge is 0.369 e. The van der Waals surface area contributed by atoms with Gasteiger partial charge in [0.25, 0.3) is 0 Å². The summed E-state index contributed by atoms with van der Waals surface area (Å²) in [5.74, 6) is -1.01. The molecule has 0 aliphatic heterocycles. The van der Waals surface area contributed by atoms with E-state index in [1.807, 2.05) is 0 Å². The van der Waals surface area contributed by atoms with Crippen LogP contribution in [0.2, 0.25) is 5.02 Å². The number of halogens is 1. The molecule has 0 bridgehead atoms. The number of carbonyl (C=O) groups is 1. The number of aromatic nitrogens is 1. The van der Waals surface area contributed by atoms with E-state index in [1.54, 1.807) is 0 Å². The van der Waals surface area contributed by atoms with E-state index < -0.39 is 17.0 Å². The highest BCUT2D eigenvalue weighted by Crippen LogP contribution is 2.42. The first-order chi connectivity index (χ1) is 10.2. The van der Waals surface area contributed by atoms with Crippen molar-refractivity contribution in [3.63, 3.8) is 0 Å². The number of nitrogens with two attached hydrogens (primary N) is 1. The standard InChI is InChI=1S/C13H8B5ClN2O/c14-6-4-5-10(3(12(20)22)1-2-13(5,17)18)21-11(4)8(16)7(15)9(6)19/h3,21H,1-2H2,(H2,20,22). The quantitative estimate of drug-likeness (QED) is 0.591. The average molecular weight is 298 g/mol. The van der Waals surface area contributed by atoms with Gasteiger partial charge >= 0.3 is 0 Å². The Labute approximate surface area is 140 Å². The van der Waals surface area contributed by atoms with Crippen LogP contribution in [0.1, 0.15) is 30.0 Å². The molecule has 3 rings (SSSR count). The molecule has 3 nitrogen and oxygen atoms in total. The summed E-state index contributed by atoms with van der Waals surface area (Å²) in [5, 5.41) is -0.522. The predicted octanol–water partition coefficient (Wildman–Crippen LogP) is -1.94. The Kier molecular flexibility index (Phi) is 3.52. The van der Waals surface area contributed by atoms with Gasteiger partial charge in [-0.2, -0.15) is 0 Å². The lowest BCUT2D eigenvalue weighted by molar-refractivity contribution is -0.119. The first-order valence-electron chi connectivity index (χ1n) is 6.71. The van der Waals surface area contributed by atoms with Crippen molar-refractivity contribution in [2.24, 2.45) is 5.73 Å². The van der Waals surface area contributed by atoms with Crippen LogP contribution in [-0.2, 0) is 10.0 Å². The SMILES string of the molecule is [B]c1c(Cl)c([B])c2c3c([nH]c2c1[B])C(C(N)=O)CCC3([B])[B]. The molecule has 98 valence electrons. The summed E-state index contributed by atoms with van der Waals surface area (Å²) in [4.78, 5) is 14.8. The van der Waals surface area contributed by atoms with Crippen LogP contribution >= 0.6 is 11.6 Å². The first-order valence-corrected chi connectivity index (χ1v) is 7.09. The van der Waals surface area contributed by atoms with Crippen LogP contribution in [0, 0.1) is 0 Å². The van der Waals surface area contributed by atoms with E-state index in [-0.39, 0.29) is 21.4 Å². The second kappa shape index (κ2) is 4.92. The highest BCUT2D eigenvalue weighted by Gasteiger charge is 2.38. The van der Waals surface area contributed by atoms with Gasteiger partial charge in [-0.15, -0.1) is 0 Å². The van der Waals surface area contributed by atoms with Crippen LogP contribution < -0.4 is 22.1 Å². The van der Waals surface area contributed by atoms with Crippen molar-refractivity contribution < 1.29 is 4.79 Å². The Balaban J connectivity index is 2.49. The minimum Gasteiger partial charge on any atom is -0.369 e. The molecule has 1 amide bonds. The third-order valence-electron chi connectivity index (χ3n) is 4.33. The maximum atomic E-state index is 11.7. The van der Waals surface area contributed by atoms with Gasteiger partial charge in [0, 0.05) is 16.2 Å². The molecule has 1 heterocycles. The molecule has 2 aromatic rings. The van der Waals surface area contributed by atoms with Crippen molar-refractivity contribution in [2.45, 2.75) is 24.0 Å². The van der Waals surface area contributed by atoms with Gasteiger partial charge in [0.15, 0.2) is 0 Å². The van der Waals surface area contributed by atoms with Gasteiger partial charge in [-0.05, 0) is 17.4 Å². The lowest BCUT2D eigenvalue weighted by Crippen LogP contribution is -2.38. The smallest absolute Gasteiger partial charge is 0.226 e. The Bertz CT molecular complexity index is 817. The fourth-order valence-corrected chi connectivity index (χ4v) is 3.38. The van der Waals surface area contributed by atoms with E-state index in [0.717, 1.165) is 0 Å². The van der Waals surface area contributed by atoms with Gasteiger partial charge < -0.3 is 10.7 Å². The van der Waals surface area contributed by atoms with Crippen molar-refractivity contribution in [2.75, 3.05) is 0 Å². The molecule has 1 aromatic carbocycles. The van der Waals surface area contributed by atoms with Gasteiger partial charge in [0.2, 0.25) is 5.91 Å². The van der Waals surface area contributed by atoms with Crippen molar-refractivity contribution >= 4 is 84.0 Å². The Hall–Kier alpha value is -1.16. The molecule has 10 radical (unpaired) electrons. The van der Waals surface area contributed by atoms with Crippen LogP contribution in [0.3, 0.4) is 0 Å². The lowest BCUT2D eigenvalue weighted by atomic mass is 9.45. The summed E-state index contributed by atoms with van der Waals surface area (Å²) in [7, 11) is 30.4. The van der Waals surface area contributed by atoms with Gasteiger partial charge in [0.05, 0.1) is 21.6 Å². The number of primary amides is 1. The Morgan fingerprint density at radius 1 is 1.23 bits per heavy atom. The molecule has 0 fully saturated rings. The summed E-state index contributed by atoms with van der Waals surface area (Å²) in [6.07, 6.45) is 0.813. The fourth-order valence-electron chi connectivity index (χ4n) is 3.18. The van der Waals surface area contributed by atoms with Gasteiger partial charge in [0.1, 0.15) is 23.5 Å². The summed E-state index contributed by atoms with van der Waals surface area (Å²) < 4.78 is 0. The normalized spacial score (nSPS) is 20.0. The number of H-pyrrole nitrogens is 1. The number of benzene rings is 1. The number of carbonyl (C=O) groups excluding carboxylic acids is 1. The van der Waals surface area contributed by atoms with E-state index in [1.165, 1.54) is 0 Å². The van der Waals surface area contributed by atoms with E-state index in [2.05, 4.69) is 4.98 Å². The zero-order valence-electron chi connectivity index (χ0n) is 11.7. The third kappa shape index (κ3) is 1.99. The number of hydrogen-bond donors (Lipinski definition) is 2. The average Bonchev–Trinajstić information content (AvgIpc) is 2.84. The zero-order chi connectivity index (χ0) is 16.4. The monoisotopic (exact) mass is 298 g/mol. The molecule has 1 atom stereocenters. The molecule has 9 heteroatoms. The maximum absolute atomic E-state index is 11.7. The zero-order valence-corrected chi connectivity index (χ0v) is 12.5. The van der Waals surface area contributed by atoms with Crippen LogP contribution in [0.5, 0.6) is 0 Å². The second-order valence-electron chi connectivity index (χ2n) is 5.75. The fraction of sp³-hybridized carbons (Fsp3) is 0.308. The highest BCUT2D eigenvalue weighted by atomic mass is 35.5. The molecule has 0 saturated heterocycles. The lowest BCUT2D eigenvalue weighted by Gasteiger charge is -2.35. The number of amides is 1. The first kappa shape index (κ1) is 15.7. The number of hydrogen-bond acceptors (Lipinski definition) is 1. The maximum Gasteiger partial charge on any atom is 0.226 e. The number of nitrogens with one attached hydrogen (secondary N) is 1. The van der Waals surface area contributed by atoms with Gasteiger partial charge in [-0.25, -0.2) is 0 Å². The van der Waals surface area contributed by atoms with Crippen molar-refractivity contribution in [1.82, 2.24) is 4.98 Å². The third-order valence-corrected chi connectivity index (χ3v) is 4.74. The van der Waals surface area contributed by atoms with Crippen molar-refractivity contribution in [1.29, 1.82) is 0 Å². The second-order valence-corrected chi connectivity index (χ2v) is 6.13. The van der Waals surface area contributed by atoms with Gasteiger partial charge in [-0.1, -0.05) is 39.6 Å². The summed E-state index contributed by atoms with van der Waals surface area (Å²) in [6, 6.07) is 0. The molecule has 0 spiro atoms. The number of aromatic amines is 1. The summed E-state index contributed by atoms with van der Waals surface area (Å²) >= 11 is 6.14.